The molecule has 3 aliphatic carbocycles. The number of aliphatic hydroxyl groups excluding tert-OH is 1. The molecule has 0 bridgehead atoms. The summed E-state index contributed by atoms with van der Waals surface area (Å²) in [5, 5.41) is 10.7. The quantitative estimate of drug-likeness (QED) is 0.704. The second kappa shape index (κ2) is 6.12. The van der Waals surface area contributed by atoms with Gasteiger partial charge in [0, 0.05) is 0 Å². The second-order valence-corrected chi connectivity index (χ2v) is 10.7. The maximum atomic E-state index is 10.7. The Bertz CT molecular complexity index is 627. The summed E-state index contributed by atoms with van der Waals surface area (Å²) in [5.74, 6) is 3.04. The average Bonchev–Trinajstić information content (AvgIpc) is 2.87. The lowest BCUT2D eigenvalue weighted by atomic mass is 9.52. The number of aliphatic hydroxyl groups is 1. The van der Waals surface area contributed by atoms with Gasteiger partial charge < -0.3 is 5.11 Å². The molecule has 2 saturated carbocycles. The minimum absolute atomic E-state index is 0.0705. The zero-order valence-electron chi connectivity index (χ0n) is 16.6. The highest BCUT2D eigenvalue weighted by Gasteiger charge is 2.56. The molecule has 4 rings (SSSR count). The molecular weight excluding hydrogens is 304 g/mol. The van der Waals surface area contributed by atoms with E-state index in [-0.39, 0.29) is 11.5 Å². The molecule has 1 nitrogen and oxygen atoms in total. The molecule has 6 unspecified atom stereocenters. The van der Waals surface area contributed by atoms with Crippen LogP contribution >= 0.6 is 0 Å². The van der Waals surface area contributed by atoms with E-state index in [0.717, 1.165) is 30.1 Å². The van der Waals surface area contributed by atoms with Gasteiger partial charge in [0.1, 0.15) is 0 Å². The van der Waals surface area contributed by atoms with Crippen molar-refractivity contribution in [3.63, 3.8) is 0 Å². The summed E-state index contributed by atoms with van der Waals surface area (Å²) in [6, 6.07) is 9.25. The molecule has 0 heterocycles. The summed E-state index contributed by atoms with van der Waals surface area (Å²) >= 11 is 0. The first-order valence-corrected chi connectivity index (χ1v) is 10.6. The Morgan fingerprint density at radius 2 is 1.88 bits per heavy atom. The van der Waals surface area contributed by atoms with E-state index in [9.17, 15) is 5.11 Å². The molecule has 1 heteroatoms. The fourth-order valence-electron chi connectivity index (χ4n) is 6.60. The Hall–Kier alpha value is -0.820. The molecule has 1 aromatic rings. The first-order chi connectivity index (χ1) is 11.8. The monoisotopic (exact) mass is 340 g/mol. The van der Waals surface area contributed by atoms with Gasteiger partial charge in [-0.25, -0.2) is 0 Å². The molecule has 1 aromatic carbocycles. The summed E-state index contributed by atoms with van der Waals surface area (Å²) < 4.78 is 0. The Morgan fingerprint density at radius 1 is 1.12 bits per heavy atom. The van der Waals surface area contributed by atoms with Crippen LogP contribution in [0.2, 0.25) is 0 Å². The normalized spacial score (nSPS) is 40.3. The van der Waals surface area contributed by atoms with Crippen LogP contribution in [0.5, 0.6) is 0 Å². The Kier molecular flexibility index (Phi) is 4.30. The van der Waals surface area contributed by atoms with E-state index in [1.165, 1.54) is 38.5 Å². The summed E-state index contributed by atoms with van der Waals surface area (Å²) in [6.45, 7) is 9.54. The molecule has 2 fully saturated rings. The minimum Gasteiger partial charge on any atom is -0.393 e. The van der Waals surface area contributed by atoms with Gasteiger partial charge >= 0.3 is 0 Å². The Balaban J connectivity index is 1.69. The SMILES string of the molecule is CC(C)(C)CCC1Cc2ccccc2C2CCC3(C)C(O)CCC3C12. The third-order valence-electron chi connectivity index (χ3n) is 8.03. The highest BCUT2D eigenvalue weighted by molar-refractivity contribution is 5.35. The van der Waals surface area contributed by atoms with E-state index in [1.807, 2.05) is 0 Å². The van der Waals surface area contributed by atoms with Crippen molar-refractivity contribution >= 4 is 0 Å². The molecule has 3 aliphatic rings. The van der Waals surface area contributed by atoms with Gasteiger partial charge in [0.2, 0.25) is 0 Å². The highest BCUT2D eigenvalue weighted by Crippen LogP contribution is 2.62. The van der Waals surface area contributed by atoms with Gasteiger partial charge in [0.05, 0.1) is 6.10 Å². The van der Waals surface area contributed by atoms with Gasteiger partial charge in [0.25, 0.3) is 0 Å². The van der Waals surface area contributed by atoms with Crippen molar-refractivity contribution in [1.29, 1.82) is 0 Å². The van der Waals surface area contributed by atoms with Gasteiger partial charge in [-0.1, -0.05) is 52.0 Å². The standard InChI is InChI=1S/C24H36O/c1-23(2,3)13-11-17-15-16-7-5-6-8-18(16)19-12-14-24(4)20(22(17)19)9-10-21(24)25/h5-8,17,19-22,25H,9-15H2,1-4H3. The van der Waals surface area contributed by atoms with Crippen molar-refractivity contribution in [3.05, 3.63) is 35.4 Å². The third-order valence-corrected chi connectivity index (χ3v) is 8.03. The lowest BCUT2D eigenvalue weighted by Gasteiger charge is -2.53. The lowest BCUT2D eigenvalue weighted by molar-refractivity contribution is -0.0405. The number of hydrogen-bond acceptors (Lipinski definition) is 1. The lowest BCUT2D eigenvalue weighted by Crippen LogP contribution is -2.47. The van der Waals surface area contributed by atoms with Crippen LogP contribution in [0.3, 0.4) is 0 Å². The minimum atomic E-state index is -0.0705. The number of hydrogen-bond donors (Lipinski definition) is 1. The van der Waals surface area contributed by atoms with Crippen molar-refractivity contribution < 1.29 is 5.11 Å². The first-order valence-electron chi connectivity index (χ1n) is 10.6. The van der Waals surface area contributed by atoms with Crippen LogP contribution in [0.4, 0.5) is 0 Å². The molecule has 0 aliphatic heterocycles. The maximum Gasteiger partial charge on any atom is 0.0596 e. The van der Waals surface area contributed by atoms with Crippen LogP contribution in [-0.2, 0) is 6.42 Å². The van der Waals surface area contributed by atoms with E-state index in [0.29, 0.717) is 5.41 Å². The van der Waals surface area contributed by atoms with Gasteiger partial charge in [-0.3, -0.25) is 0 Å². The van der Waals surface area contributed by atoms with Gasteiger partial charge in [-0.05, 0) is 90.6 Å². The van der Waals surface area contributed by atoms with Crippen LogP contribution < -0.4 is 0 Å². The highest BCUT2D eigenvalue weighted by atomic mass is 16.3. The summed E-state index contributed by atoms with van der Waals surface area (Å²) in [4.78, 5) is 0. The van der Waals surface area contributed by atoms with Crippen molar-refractivity contribution in [3.8, 4) is 0 Å². The van der Waals surface area contributed by atoms with Crippen molar-refractivity contribution in [1.82, 2.24) is 0 Å². The molecule has 0 saturated heterocycles. The van der Waals surface area contributed by atoms with E-state index < -0.39 is 0 Å². The molecule has 1 N–H and O–H groups in total. The van der Waals surface area contributed by atoms with Crippen molar-refractivity contribution in [2.24, 2.45) is 28.6 Å². The molecule has 138 valence electrons. The maximum absolute atomic E-state index is 10.7. The van der Waals surface area contributed by atoms with Crippen LogP contribution in [0, 0.1) is 28.6 Å². The van der Waals surface area contributed by atoms with E-state index in [1.54, 1.807) is 11.1 Å². The Labute approximate surface area is 154 Å². The fraction of sp³-hybridized carbons (Fsp3) is 0.750. The molecule has 25 heavy (non-hydrogen) atoms. The van der Waals surface area contributed by atoms with Gasteiger partial charge in [-0.15, -0.1) is 0 Å². The molecule has 6 atom stereocenters. The van der Waals surface area contributed by atoms with Crippen LogP contribution in [0.1, 0.15) is 83.3 Å². The van der Waals surface area contributed by atoms with Crippen LogP contribution in [0.25, 0.3) is 0 Å². The van der Waals surface area contributed by atoms with Crippen molar-refractivity contribution in [2.75, 3.05) is 0 Å². The van der Waals surface area contributed by atoms with E-state index in [2.05, 4.69) is 52.0 Å². The van der Waals surface area contributed by atoms with Crippen LogP contribution in [-0.4, -0.2) is 11.2 Å². The molecule has 0 spiro atoms. The van der Waals surface area contributed by atoms with Gasteiger partial charge in [0.15, 0.2) is 0 Å². The first kappa shape index (κ1) is 17.6. The molecule has 0 aromatic heterocycles. The number of rotatable bonds is 2. The second-order valence-electron chi connectivity index (χ2n) is 10.7. The zero-order valence-corrected chi connectivity index (χ0v) is 16.6. The van der Waals surface area contributed by atoms with Crippen LogP contribution in [0.15, 0.2) is 24.3 Å². The Morgan fingerprint density at radius 3 is 2.64 bits per heavy atom. The molecule has 0 radical (unpaired) electrons. The number of fused-ring (bicyclic) bond motifs is 5. The largest absolute Gasteiger partial charge is 0.393 e. The molecular formula is C24H36O. The van der Waals surface area contributed by atoms with E-state index >= 15 is 0 Å². The van der Waals surface area contributed by atoms with Gasteiger partial charge in [-0.2, -0.15) is 0 Å². The zero-order chi connectivity index (χ0) is 17.8. The van der Waals surface area contributed by atoms with E-state index in [4.69, 9.17) is 0 Å². The summed E-state index contributed by atoms with van der Waals surface area (Å²) in [5.41, 5.74) is 3.85. The number of benzene rings is 1. The molecule has 0 amide bonds. The predicted octanol–water partition coefficient (Wildman–Crippen LogP) is 5.96. The summed E-state index contributed by atoms with van der Waals surface area (Å²) in [6.07, 6.45) is 8.61. The predicted molar refractivity (Wildman–Crippen MR) is 105 cm³/mol. The average molecular weight is 341 g/mol. The topological polar surface area (TPSA) is 20.2 Å². The smallest absolute Gasteiger partial charge is 0.0596 e. The summed E-state index contributed by atoms with van der Waals surface area (Å²) in [7, 11) is 0. The fourth-order valence-corrected chi connectivity index (χ4v) is 6.60. The third kappa shape index (κ3) is 2.97. The van der Waals surface area contributed by atoms with Crippen molar-refractivity contribution in [2.45, 2.75) is 84.7 Å².